The van der Waals surface area contributed by atoms with Crippen molar-refractivity contribution in [2.24, 2.45) is 5.92 Å². The highest BCUT2D eigenvalue weighted by Crippen LogP contribution is 2.27. The van der Waals surface area contributed by atoms with Gasteiger partial charge in [0.1, 0.15) is 24.0 Å². The lowest BCUT2D eigenvalue weighted by molar-refractivity contribution is -0.108. The molecule has 6 nitrogen and oxygen atoms in total. The molecule has 2 heterocycles. The molecule has 0 spiro atoms. The topological polar surface area (TPSA) is 85.4 Å². The Morgan fingerprint density at radius 2 is 1.94 bits per heavy atom. The van der Waals surface area contributed by atoms with E-state index in [1.165, 1.54) is 0 Å². The number of benzene rings is 2. The molecule has 162 valence electrons. The molecule has 0 amide bonds. The second kappa shape index (κ2) is 9.16. The Hall–Kier alpha value is -2.77. The number of nitrogens with zero attached hydrogens (tertiary/aromatic N) is 1. The molecule has 0 saturated carbocycles. The van der Waals surface area contributed by atoms with Crippen molar-refractivity contribution in [1.29, 1.82) is 0 Å². The monoisotopic (exact) mass is 438 g/mol. The quantitative estimate of drug-likeness (QED) is 0.565. The van der Waals surface area contributed by atoms with E-state index >= 15 is 0 Å². The van der Waals surface area contributed by atoms with Crippen molar-refractivity contribution in [3.63, 3.8) is 0 Å². The fraction of sp³-hybridized carbons (Fsp3) is 0.333. The first-order valence-electron chi connectivity index (χ1n) is 10.5. The number of hydrogen-bond acceptors (Lipinski definition) is 6. The van der Waals surface area contributed by atoms with Gasteiger partial charge in [-0.2, -0.15) is 0 Å². The zero-order chi connectivity index (χ0) is 21.8. The number of pyridine rings is 1. The van der Waals surface area contributed by atoms with E-state index in [0.29, 0.717) is 31.7 Å². The molecular formula is C24H26N2O4S. The lowest BCUT2D eigenvalue weighted by Gasteiger charge is -2.29. The summed E-state index contributed by atoms with van der Waals surface area (Å²) in [5, 5.41) is 3.47. The van der Waals surface area contributed by atoms with Crippen molar-refractivity contribution >= 4 is 27.0 Å². The highest BCUT2D eigenvalue weighted by Gasteiger charge is 2.32. The van der Waals surface area contributed by atoms with Gasteiger partial charge in [-0.25, -0.2) is 8.42 Å². The number of piperidine rings is 1. The predicted molar refractivity (Wildman–Crippen MR) is 120 cm³/mol. The SMILES string of the molecule is Cc1cc(COc2ccc(S(=O)(=O)C3CC(CC=O)CCN3)cc2)c2ccccc2n1. The molecule has 2 aromatic carbocycles. The maximum absolute atomic E-state index is 13.0. The van der Waals surface area contributed by atoms with Crippen LogP contribution in [0.1, 0.15) is 30.5 Å². The number of fused-ring (bicyclic) bond motifs is 1. The van der Waals surface area contributed by atoms with E-state index in [9.17, 15) is 13.2 Å². The largest absolute Gasteiger partial charge is 0.489 e. The Bertz CT molecular complexity index is 1180. The Morgan fingerprint density at radius 1 is 1.16 bits per heavy atom. The van der Waals surface area contributed by atoms with Crippen LogP contribution in [-0.2, 0) is 21.2 Å². The molecular weight excluding hydrogens is 412 g/mol. The lowest BCUT2D eigenvalue weighted by Crippen LogP contribution is -2.43. The minimum Gasteiger partial charge on any atom is -0.489 e. The second-order valence-corrected chi connectivity index (χ2v) is 10.1. The van der Waals surface area contributed by atoms with Crippen molar-refractivity contribution in [3.05, 3.63) is 65.9 Å². The number of aldehydes is 1. The molecule has 31 heavy (non-hydrogen) atoms. The zero-order valence-corrected chi connectivity index (χ0v) is 18.3. The van der Waals surface area contributed by atoms with Crippen LogP contribution in [0.4, 0.5) is 0 Å². The van der Waals surface area contributed by atoms with Gasteiger partial charge in [0, 0.05) is 23.1 Å². The van der Waals surface area contributed by atoms with Crippen molar-refractivity contribution in [3.8, 4) is 5.75 Å². The third-order valence-electron chi connectivity index (χ3n) is 5.75. The van der Waals surface area contributed by atoms with Gasteiger partial charge in [-0.3, -0.25) is 4.98 Å². The van der Waals surface area contributed by atoms with E-state index in [1.54, 1.807) is 24.3 Å². The Morgan fingerprint density at radius 3 is 2.71 bits per heavy atom. The molecule has 3 aromatic rings. The number of para-hydroxylation sites is 1. The highest BCUT2D eigenvalue weighted by atomic mass is 32.2. The van der Waals surface area contributed by atoms with Gasteiger partial charge in [0.05, 0.1) is 10.4 Å². The number of carbonyl (C=O) groups is 1. The van der Waals surface area contributed by atoms with Crippen LogP contribution in [0.5, 0.6) is 5.75 Å². The first kappa shape index (κ1) is 21.5. The lowest BCUT2D eigenvalue weighted by atomic mass is 9.95. The number of aryl methyl sites for hydroxylation is 1. The molecule has 1 aliphatic rings. The molecule has 0 aliphatic carbocycles. The molecule has 0 radical (unpaired) electrons. The van der Waals surface area contributed by atoms with E-state index in [1.807, 2.05) is 37.3 Å². The molecule has 1 aromatic heterocycles. The highest BCUT2D eigenvalue weighted by molar-refractivity contribution is 7.92. The average molecular weight is 439 g/mol. The van der Waals surface area contributed by atoms with Gasteiger partial charge in [0.25, 0.3) is 0 Å². The summed E-state index contributed by atoms with van der Waals surface area (Å²) in [6.45, 7) is 2.92. The second-order valence-electron chi connectivity index (χ2n) is 7.98. The Labute approximate surface area is 182 Å². The minimum atomic E-state index is -3.52. The van der Waals surface area contributed by atoms with Crippen molar-refractivity contribution in [2.75, 3.05) is 6.54 Å². The van der Waals surface area contributed by atoms with Crippen molar-refractivity contribution in [1.82, 2.24) is 10.3 Å². The van der Waals surface area contributed by atoms with Crippen LogP contribution in [0.3, 0.4) is 0 Å². The summed E-state index contributed by atoms with van der Waals surface area (Å²) < 4.78 is 32.0. The number of nitrogens with one attached hydrogen (secondary N) is 1. The zero-order valence-electron chi connectivity index (χ0n) is 17.5. The van der Waals surface area contributed by atoms with Crippen LogP contribution in [0, 0.1) is 12.8 Å². The standard InChI is InChI=1S/C24H26N2O4S/c1-17-14-19(22-4-2-3-5-23(22)26-17)16-30-20-6-8-21(9-7-20)31(28,29)24-15-18(11-13-27)10-12-25-24/h2-9,13-14,18,24-25H,10-12,15-16H2,1H3. The molecule has 1 saturated heterocycles. The number of aromatic nitrogens is 1. The summed E-state index contributed by atoms with van der Waals surface area (Å²) in [5.74, 6) is 0.715. The van der Waals surface area contributed by atoms with Crippen molar-refractivity contribution in [2.45, 2.75) is 43.1 Å². The Kier molecular flexibility index (Phi) is 6.34. The summed E-state index contributed by atoms with van der Waals surface area (Å²) in [7, 11) is -3.52. The van der Waals surface area contributed by atoms with Gasteiger partial charge in [-0.1, -0.05) is 18.2 Å². The molecule has 7 heteroatoms. The van der Waals surface area contributed by atoms with Gasteiger partial charge in [-0.15, -0.1) is 0 Å². The van der Waals surface area contributed by atoms with E-state index in [-0.39, 0.29) is 10.8 Å². The van der Waals surface area contributed by atoms with Crippen LogP contribution >= 0.6 is 0 Å². The predicted octanol–water partition coefficient (Wildman–Crippen LogP) is 3.81. The fourth-order valence-electron chi connectivity index (χ4n) is 4.10. The van der Waals surface area contributed by atoms with Crippen LogP contribution in [0.2, 0.25) is 0 Å². The van der Waals surface area contributed by atoms with Gasteiger partial charge in [0.2, 0.25) is 0 Å². The third kappa shape index (κ3) is 4.78. The van der Waals surface area contributed by atoms with E-state index in [0.717, 1.165) is 34.9 Å². The van der Waals surface area contributed by atoms with Gasteiger partial charge >= 0.3 is 0 Å². The number of ether oxygens (including phenoxy) is 1. The molecule has 1 fully saturated rings. The molecule has 1 N–H and O–H groups in total. The molecule has 2 unspecified atom stereocenters. The fourth-order valence-corrected chi connectivity index (χ4v) is 5.81. The molecule has 0 bridgehead atoms. The summed E-state index contributed by atoms with van der Waals surface area (Å²) in [6, 6.07) is 16.5. The van der Waals surface area contributed by atoms with Crippen molar-refractivity contribution < 1.29 is 17.9 Å². The van der Waals surface area contributed by atoms with E-state index in [2.05, 4.69) is 10.3 Å². The first-order valence-corrected chi connectivity index (χ1v) is 12.0. The summed E-state index contributed by atoms with van der Waals surface area (Å²) >= 11 is 0. The molecule has 2 atom stereocenters. The maximum Gasteiger partial charge on any atom is 0.194 e. The number of rotatable bonds is 7. The molecule has 1 aliphatic heterocycles. The first-order chi connectivity index (χ1) is 15.0. The maximum atomic E-state index is 13.0. The van der Waals surface area contributed by atoms with Crippen LogP contribution in [-0.4, -0.2) is 31.6 Å². The van der Waals surface area contributed by atoms with Gasteiger partial charge in [-0.05, 0) is 68.6 Å². The van der Waals surface area contributed by atoms with Gasteiger partial charge < -0.3 is 14.8 Å². The van der Waals surface area contributed by atoms with Crippen LogP contribution in [0.25, 0.3) is 10.9 Å². The van der Waals surface area contributed by atoms with Crippen LogP contribution in [0.15, 0.2) is 59.5 Å². The summed E-state index contributed by atoms with van der Waals surface area (Å²) in [4.78, 5) is 15.6. The number of hydrogen-bond donors (Lipinski definition) is 1. The normalized spacial score (nSPS) is 19.3. The van der Waals surface area contributed by atoms with Crippen LogP contribution < -0.4 is 10.1 Å². The van der Waals surface area contributed by atoms with E-state index < -0.39 is 15.2 Å². The number of carbonyl (C=O) groups excluding carboxylic acids is 1. The summed E-state index contributed by atoms with van der Waals surface area (Å²) in [5.41, 5.74) is 2.88. The Balaban J connectivity index is 1.47. The van der Waals surface area contributed by atoms with Gasteiger partial charge in [0.15, 0.2) is 9.84 Å². The smallest absolute Gasteiger partial charge is 0.194 e. The molecule has 4 rings (SSSR count). The average Bonchev–Trinajstić information content (AvgIpc) is 2.78. The summed E-state index contributed by atoms with van der Waals surface area (Å²) in [6.07, 6.45) is 2.55. The van der Waals surface area contributed by atoms with E-state index in [4.69, 9.17) is 4.74 Å². The minimum absolute atomic E-state index is 0.111. The third-order valence-corrected chi connectivity index (χ3v) is 7.79. The number of sulfone groups is 1.